The van der Waals surface area contributed by atoms with Gasteiger partial charge in [-0.05, 0) is 25.0 Å². The normalized spacial score (nSPS) is 12.6. The molecule has 0 radical (unpaired) electrons. The van der Waals surface area contributed by atoms with Gasteiger partial charge in [0.05, 0.1) is 6.10 Å². The number of nitrogens with zero attached hydrogens (tertiary/aromatic N) is 2. The molecule has 0 fully saturated rings. The molecule has 1 unspecified atom stereocenters. The summed E-state index contributed by atoms with van der Waals surface area (Å²) >= 11 is 5.92. The predicted octanol–water partition coefficient (Wildman–Crippen LogP) is 2.31. The van der Waals surface area contributed by atoms with Crippen molar-refractivity contribution in [2.24, 2.45) is 0 Å². The van der Waals surface area contributed by atoms with Gasteiger partial charge < -0.3 is 10.0 Å². The maximum absolute atomic E-state index is 12.1. The molecule has 4 nitrogen and oxygen atoms in total. The van der Waals surface area contributed by atoms with Gasteiger partial charge in [0.1, 0.15) is 5.15 Å². The van der Waals surface area contributed by atoms with E-state index in [1.165, 1.54) is 4.90 Å². The van der Waals surface area contributed by atoms with Crippen molar-refractivity contribution in [1.29, 1.82) is 0 Å². The molecule has 0 saturated heterocycles. The van der Waals surface area contributed by atoms with Crippen molar-refractivity contribution in [2.45, 2.75) is 32.8 Å². The summed E-state index contributed by atoms with van der Waals surface area (Å²) in [6, 6.07) is 3.30. The van der Waals surface area contributed by atoms with Crippen LogP contribution in [-0.4, -0.2) is 40.6 Å². The molecule has 0 spiro atoms. The Hall–Kier alpha value is -1.13. The molecule has 1 N–H and O–H groups in total. The highest BCUT2D eigenvalue weighted by molar-refractivity contribution is 6.29. The minimum Gasteiger partial charge on any atom is -0.392 e. The van der Waals surface area contributed by atoms with Crippen molar-refractivity contribution in [2.75, 3.05) is 13.6 Å². The molecule has 100 valence electrons. The first-order chi connectivity index (χ1) is 8.31. The average molecular weight is 271 g/mol. The van der Waals surface area contributed by atoms with E-state index in [-0.39, 0.29) is 18.4 Å². The minimum atomic E-state index is -0.555. The molecule has 1 atom stereocenters. The van der Waals surface area contributed by atoms with Gasteiger partial charge in [0.15, 0.2) is 0 Å². The van der Waals surface area contributed by atoms with Crippen LogP contribution in [0.1, 0.15) is 42.7 Å². The van der Waals surface area contributed by atoms with E-state index in [1.807, 2.05) is 13.8 Å². The third-order valence-electron chi connectivity index (χ3n) is 2.54. The number of carbonyl (C=O) groups is 1. The smallest absolute Gasteiger partial charge is 0.253 e. The third kappa shape index (κ3) is 3.96. The molecule has 1 aromatic heterocycles. The van der Waals surface area contributed by atoms with Crippen LogP contribution in [0.5, 0.6) is 0 Å². The summed E-state index contributed by atoms with van der Waals surface area (Å²) in [5.41, 5.74) is 1.29. The zero-order chi connectivity index (χ0) is 13.9. The molecule has 1 aromatic rings. The fraction of sp³-hybridized carbons (Fsp3) is 0.538. The molecule has 1 amide bonds. The number of amides is 1. The fourth-order valence-electron chi connectivity index (χ4n) is 1.64. The summed E-state index contributed by atoms with van der Waals surface area (Å²) in [4.78, 5) is 17.8. The lowest BCUT2D eigenvalue weighted by Crippen LogP contribution is -2.33. The van der Waals surface area contributed by atoms with Crippen molar-refractivity contribution < 1.29 is 9.90 Å². The van der Waals surface area contributed by atoms with Crippen LogP contribution >= 0.6 is 11.6 Å². The minimum absolute atomic E-state index is 0.165. The first-order valence-corrected chi connectivity index (χ1v) is 6.30. The summed E-state index contributed by atoms with van der Waals surface area (Å²) in [6.45, 7) is 5.91. The molecule has 0 saturated carbocycles. The molecule has 0 aliphatic heterocycles. The van der Waals surface area contributed by atoms with E-state index >= 15 is 0 Å². The number of likely N-dealkylation sites (N-methyl/N-ethyl adjacent to an activating group) is 1. The van der Waals surface area contributed by atoms with Crippen LogP contribution in [0.3, 0.4) is 0 Å². The Morgan fingerprint density at radius 3 is 2.56 bits per heavy atom. The maximum Gasteiger partial charge on any atom is 0.253 e. The molecule has 0 bridgehead atoms. The molecule has 0 aliphatic carbocycles. The van der Waals surface area contributed by atoms with E-state index in [4.69, 9.17) is 11.6 Å². The number of halogens is 1. The molecule has 1 heterocycles. The van der Waals surface area contributed by atoms with E-state index in [2.05, 4.69) is 4.98 Å². The highest BCUT2D eigenvalue weighted by Crippen LogP contribution is 2.18. The summed E-state index contributed by atoms with van der Waals surface area (Å²) in [5.74, 6) is 0.0411. The lowest BCUT2D eigenvalue weighted by molar-refractivity contribution is 0.0703. The van der Waals surface area contributed by atoms with Crippen LogP contribution < -0.4 is 0 Å². The first-order valence-electron chi connectivity index (χ1n) is 5.92. The molecule has 5 heteroatoms. The van der Waals surface area contributed by atoms with Crippen molar-refractivity contribution in [3.63, 3.8) is 0 Å². The third-order valence-corrected chi connectivity index (χ3v) is 2.73. The summed E-state index contributed by atoms with van der Waals surface area (Å²) in [7, 11) is 1.65. The van der Waals surface area contributed by atoms with Gasteiger partial charge >= 0.3 is 0 Å². The second-order valence-corrected chi connectivity index (χ2v) is 5.18. The second-order valence-electron chi connectivity index (χ2n) is 4.79. The van der Waals surface area contributed by atoms with E-state index < -0.39 is 6.10 Å². The molecular weight excluding hydrogens is 252 g/mol. The number of hydrogen-bond donors (Lipinski definition) is 1. The van der Waals surface area contributed by atoms with E-state index in [0.29, 0.717) is 10.7 Å². The topological polar surface area (TPSA) is 53.4 Å². The number of carbonyl (C=O) groups excluding carboxylic acids is 1. The Balaban J connectivity index is 2.98. The van der Waals surface area contributed by atoms with Gasteiger partial charge in [-0.3, -0.25) is 4.79 Å². The maximum atomic E-state index is 12.1. The number of hydrogen-bond acceptors (Lipinski definition) is 3. The first kappa shape index (κ1) is 14.9. The fourth-order valence-corrected chi connectivity index (χ4v) is 1.85. The zero-order valence-corrected chi connectivity index (χ0v) is 11.9. The Labute approximate surface area is 113 Å². The van der Waals surface area contributed by atoms with Crippen molar-refractivity contribution >= 4 is 17.5 Å². The van der Waals surface area contributed by atoms with Crippen LogP contribution in [0.4, 0.5) is 0 Å². The highest BCUT2D eigenvalue weighted by atomic mass is 35.5. The largest absolute Gasteiger partial charge is 0.392 e. The van der Waals surface area contributed by atoms with Crippen LogP contribution in [0.15, 0.2) is 12.1 Å². The Kier molecular flexibility index (Phi) is 5.11. The number of aliphatic hydroxyl groups is 1. The van der Waals surface area contributed by atoms with Gasteiger partial charge in [-0.1, -0.05) is 25.4 Å². The number of aliphatic hydroxyl groups excluding tert-OH is 1. The zero-order valence-electron chi connectivity index (χ0n) is 11.1. The SMILES string of the molecule is CC(O)CN(C)C(=O)c1cc(Cl)nc(C(C)C)c1. The van der Waals surface area contributed by atoms with Crippen molar-refractivity contribution in [1.82, 2.24) is 9.88 Å². The second kappa shape index (κ2) is 6.16. The van der Waals surface area contributed by atoms with Gasteiger partial charge in [-0.25, -0.2) is 4.98 Å². The van der Waals surface area contributed by atoms with Gasteiger partial charge in [0.2, 0.25) is 0 Å². The Bertz CT molecular complexity index is 433. The monoisotopic (exact) mass is 270 g/mol. The van der Waals surface area contributed by atoms with Crippen molar-refractivity contribution in [3.8, 4) is 0 Å². The Morgan fingerprint density at radius 2 is 2.06 bits per heavy atom. The quantitative estimate of drug-likeness (QED) is 0.855. The van der Waals surface area contributed by atoms with Crippen LogP contribution in [0.2, 0.25) is 5.15 Å². The molecule has 0 aromatic carbocycles. The standard InChI is InChI=1S/C13H19ClN2O2/c1-8(2)11-5-10(6-12(14)15-11)13(18)16(4)7-9(3)17/h5-6,8-9,17H,7H2,1-4H3. The number of rotatable bonds is 4. The molecule has 1 rings (SSSR count). The van der Waals surface area contributed by atoms with Gasteiger partial charge in [-0.2, -0.15) is 0 Å². The van der Waals surface area contributed by atoms with Crippen LogP contribution in [0.25, 0.3) is 0 Å². The predicted molar refractivity (Wildman–Crippen MR) is 72.0 cm³/mol. The number of pyridine rings is 1. The summed E-state index contributed by atoms with van der Waals surface area (Å²) in [5, 5.41) is 9.60. The number of aromatic nitrogens is 1. The Morgan fingerprint density at radius 1 is 1.44 bits per heavy atom. The average Bonchev–Trinajstić information content (AvgIpc) is 2.26. The molecular formula is C13H19ClN2O2. The van der Waals surface area contributed by atoms with Gasteiger partial charge in [0, 0.05) is 24.8 Å². The van der Waals surface area contributed by atoms with Crippen LogP contribution in [0, 0.1) is 0 Å². The van der Waals surface area contributed by atoms with E-state index in [1.54, 1.807) is 26.1 Å². The van der Waals surface area contributed by atoms with Crippen LogP contribution in [-0.2, 0) is 0 Å². The van der Waals surface area contributed by atoms with Crippen molar-refractivity contribution in [3.05, 3.63) is 28.5 Å². The van der Waals surface area contributed by atoms with Gasteiger partial charge in [0.25, 0.3) is 5.91 Å². The summed E-state index contributed by atoms with van der Waals surface area (Å²) in [6.07, 6.45) is -0.555. The molecule has 0 aliphatic rings. The van der Waals surface area contributed by atoms with Gasteiger partial charge in [-0.15, -0.1) is 0 Å². The lowest BCUT2D eigenvalue weighted by Gasteiger charge is -2.19. The molecule has 18 heavy (non-hydrogen) atoms. The van der Waals surface area contributed by atoms with E-state index in [9.17, 15) is 9.90 Å². The lowest BCUT2D eigenvalue weighted by atomic mass is 10.1. The highest BCUT2D eigenvalue weighted by Gasteiger charge is 2.16. The summed E-state index contributed by atoms with van der Waals surface area (Å²) < 4.78 is 0. The van der Waals surface area contributed by atoms with E-state index in [0.717, 1.165) is 5.69 Å².